The van der Waals surface area contributed by atoms with Gasteiger partial charge >= 0.3 is 0 Å². The van der Waals surface area contributed by atoms with Gasteiger partial charge in [-0.25, -0.2) is 0 Å². The summed E-state index contributed by atoms with van der Waals surface area (Å²) in [6.07, 6.45) is 0. The van der Waals surface area contributed by atoms with E-state index in [-0.39, 0.29) is 0 Å². The Kier molecular flexibility index (Phi) is 1.88. The summed E-state index contributed by atoms with van der Waals surface area (Å²) in [6, 6.07) is 0.505. The highest BCUT2D eigenvalue weighted by atomic mass is 15.3. The molecule has 0 aromatic heterocycles. The molecule has 0 fully saturated rings. The molecule has 2 heteroatoms. The molecule has 0 spiro atoms. The van der Waals surface area contributed by atoms with Crippen molar-refractivity contribution in [3.63, 3.8) is 0 Å². The summed E-state index contributed by atoms with van der Waals surface area (Å²) in [5.41, 5.74) is 2.48. The SMILES string of the molecule is CC1=C(C)N(C(C)C)[C]N1. The van der Waals surface area contributed by atoms with Crippen LogP contribution < -0.4 is 5.32 Å². The van der Waals surface area contributed by atoms with E-state index in [0.717, 1.165) is 0 Å². The Hall–Kier alpha value is -0.660. The van der Waals surface area contributed by atoms with Crippen molar-refractivity contribution < 1.29 is 0 Å². The number of nitrogens with one attached hydrogen (secondary N) is 1. The van der Waals surface area contributed by atoms with Gasteiger partial charge < -0.3 is 10.2 Å². The molecule has 2 radical (unpaired) electrons. The summed E-state index contributed by atoms with van der Waals surface area (Å²) in [5.74, 6) is 0. The largest absolute Gasteiger partial charge is 0.358 e. The van der Waals surface area contributed by atoms with E-state index in [0.29, 0.717) is 6.04 Å². The molecule has 0 aromatic carbocycles. The summed E-state index contributed by atoms with van der Waals surface area (Å²) in [6.45, 7) is 11.5. The van der Waals surface area contributed by atoms with Gasteiger partial charge in [-0.2, -0.15) is 0 Å². The molecule has 1 rings (SSSR count). The lowest BCUT2D eigenvalue weighted by atomic mass is 10.3. The first-order valence-corrected chi connectivity index (χ1v) is 3.61. The van der Waals surface area contributed by atoms with Crippen molar-refractivity contribution in [2.45, 2.75) is 33.7 Å². The van der Waals surface area contributed by atoms with Gasteiger partial charge in [0.1, 0.15) is 0 Å². The zero-order chi connectivity index (χ0) is 7.72. The van der Waals surface area contributed by atoms with Crippen molar-refractivity contribution in [2.24, 2.45) is 0 Å². The molecule has 56 valence electrons. The summed E-state index contributed by atoms with van der Waals surface area (Å²) in [4.78, 5) is 2.11. The fourth-order valence-corrected chi connectivity index (χ4v) is 1.02. The molecular weight excluding hydrogens is 124 g/mol. The van der Waals surface area contributed by atoms with Gasteiger partial charge in [0.05, 0.1) is 0 Å². The minimum atomic E-state index is 0.505. The lowest BCUT2D eigenvalue weighted by Crippen LogP contribution is -2.25. The first-order chi connectivity index (χ1) is 4.63. The predicted molar refractivity (Wildman–Crippen MR) is 41.7 cm³/mol. The van der Waals surface area contributed by atoms with E-state index in [4.69, 9.17) is 0 Å². The van der Waals surface area contributed by atoms with Crippen molar-refractivity contribution in [3.8, 4) is 0 Å². The molecule has 2 nitrogen and oxygen atoms in total. The Morgan fingerprint density at radius 1 is 1.40 bits per heavy atom. The molecule has 0 amide bonds. The van der Waals surface area contributed by atoms with E-state index in [2.05, 4.69) is 44.6 Å². The van der Waals surface area contributed by atoms with Crippen molar-refractivity contribution in [2.75, 3.05) is 0 Å². The molecule has 0 aliphatic carbocycles. The number of nitrogens with zero attached hydrogens (tertiary/aromatic N) is 1. The highest BCUT2D eigenvalue weighted by molar-refractivity contribution is 5.16. The van der Waals surface area contributed by atoms with Crippen LogP contribution in [-0.4, -0.2) is 10.9 Å². The van der Waals surface area contributed by atoms with Gasteiger partial charge in [-0.05, 0) is 27.7 Å². The number of allylic oxidation sites excluding steroid dienone is 2. The Balaban J connectivity index is 2.68. The highest BCUT2D eigenvalue weighted by Gasteiger charge is 2.18. The third-order valence-electron chi connectivity index (χ3n) is 1.78. The standard InChI is InChI=1S/C8H14N2/c1-6(2)10-5-9-7(3)8(10)4/h6,9H,1-4H3. The first kappa shape index (κ1) is 7.45. The van der Waals surface area contributed by atoms with Gasteiger partial charge in [0, 0.05) is 17.4 Å². The van der Waals surface area contributed by atoms with E-state index in [1.54, 1.807) is 0 Å². The number of rotatable bonds is 1. The second-order valence-electron chi connectivity index (χ2n) is 2.91. The second-order valence-corrected chi connectivity index (χ2v) is 2.91. The van der Waals surface area contributed by atoms with Gasteiger partial charge in [0.25, 0.3) is 0 Å². The van der Waals surface area contributed by atoms with Gasteiger partial charge in [0.2, 0.25) is 6.67 Å². The fourth-order valence-electron chi connectivity index (χ4n) is 1.02. The molecule has 0 saturated carbocycles. The maximum Gasteiger partial charge on any atom is 0.205 e. The van der Waals surface area contributed by atoms with Crippen LogP contribution in [0, 0.1) is 6.67 Å². The smallest absolute Gasteiger partial charge is 0.205 e. The van der Waals surface area contributed by atoms with E-state index >= 15 is 0 Å². The Bertz CT molecular complexity index is 159. The minimum absolute atomic E-state index is 0.505. The van der Waals surface area contributed by atoms with Gasteiger partial charge in [0.15, 0.2) is 0 Å². The van der Waals surface area contributed by atoms with Crippen LogP contribution in [0.2, 0.25) is 0 Å². The van der Waals surface area contributed by atoms with Crippen molar-refractivity contribution >= 4 is 0 Å². The summed E-state index contributed by atoms with van der Waals surface area (Å²) < 4.78 is 0. The maximum absolute atomic E-state index is 3.06. The monoisotopic (exact) mass is 138 g/mol. The lowest BCUT2D eigenvalue weighted by Gasteiger charge is -2.21. The number of hydrogen-bond acceptors (Lipinski definition) is 2. The minimum Gasteiger partial charge on any atom is -0.358 e. The zero-order valence-corrected chi connectivity index (χ0v) is 7.02. The first-order valence-electron chi connectivity index (χ1n) is 3.61. The second kappa shape index (κ2) is 2.52. The molecule has 1 aliphatic heterocycles. The number of hydrogen-bond donors (Lipinski definition) is 1. The zero-order valence-electron chi connectivity index (χ0n) is 7.02. The topological polar surface area (TPSA) is 15.3 Å². The molecule has 0 unspecified atom stereocenters. The highest BCUT2D eigenvalue weighted by Crippen LogP contribution is 2.18. The van der Waals surface area contributed by atoms with Crippen LogP contribution in [0.25, 0.3) is 0 Å². The van der Waals surface area contributed by atoms with Gasteiger partial charge in [-0.3, -0.25) is 0 Å². The quantitative estimate of drug-likeness (QED) is 0.591. The van der Waals surface area contributed by atoms with Crippen molar-refractivity contribution in [3.05, 3.63) is 18.1 Å². The molecule has 0 aromatic rings. The molecule has 0 saturated heterocycles. The van der Waals surface area contributed by atoms with Crippen LogP contribution in [-0.2, 0) is 0 Å². The van der Waals surface area contributed by atoms with Crippen LogP contribution >= 0.6 is 0 Å². The molecule has 1 N–H and O–H groups in total. The van der Waals surface area contributed by atoms with Gasteiger partial charge in [-0.1, -0.05) is 0 Å². The van der Waals surface area contributed by atoms with Crippen LogP contribution in [0.1, 0.15) is 27.7 Å². The normalized spacial score (nSPS) is 18.7. The molecule has 0 bridgehead atoms. The summed E-state index contributed by atoms with van der Waals surface area (Å²) >= 11 is 0. The lowest BCUT2D eigenvalue weighted by molar-refractivity contribution is 0.352. The van der Waals surface area contributed by atoms with E-state index < -0.39 is 0 Å². The van der Waals surface area contributed by atoms with Crippen molar-refractivity contribution in [1.82, 2.24) is 10.2 Å². The fraction of sp³-hybridized carbons (Fsp3) is 0.625. The van der Waals surface area contributed by atoms with Crippen LogP contribution in [0.3, 0.4) is 0 Å². The van der Waals surface area contributed by atoms with E-state index in [1.165, 1.54) is 11.4 Å². The molecular formula is C8H14N2. The van der Waals surface area contributed by atoms with E-state index in [1.807, 2.05) is 0 Å². The van der Waals surface area contributed by atoms with Crippen LogP contribution in [0.4, 0.5) is 0 Å². The average molecular weight is 138 g/mol. The maximum atomic E-state index is 3.06. The molecule has 10 heavy (non-hydrogen) atoms. The Morgan fingerprint density at radius 3 is 2.20 bits per heavy atom. The van der Waals surface area contributed by atoms with Crippen LogP contribution in [0.5, 0.6) is 0 Å². The van der Waals surface area contributed by atoms with E-state index in [9.17, 15) is 0 Å². The molecule has 1 heterocycles. The third kappa shape index (κ3) is 1.11. The Labute approximate surface area is 62.9 Å². The van der Waals surface area contributed by atoms with Gasteiger partial charge in [-0.15, -0.1) is 0 Å². The van der Waals surface area contributed by atoms with Crippen LogP contribution in [0.15, 0.2) is 11.4 Å². The summed E-state index contributed by atoms with van der Waals surface area (Å²) in [7, 11) is 0. The average Bonchev–Trinajstić information content (AvgIpc) is 2.14. The predicted octanol–water partition coefficient (Wildman–Crippen LogP) is 1.55. The molecule has 0 atom stereocenters. The summed E-state index contributed by atoms with van der Waals surface area (Å²) in [5, 5.41) is 3.06. The van der Waals surface area contributed by atoms with Crippen molar-refractivity contribution in [1.29, 1.82) is 0 Å². The third-order valence-corrected chi connectivity index (χ3v) is 1.78. The Morgan fingerprint density at radius 2 is 2.00 bits per heavy atom. The molecule has 1 aliphatic rings.